The number of alkyl halides is 3. The van der Waals surface area contributed by atoms with Gasteiger partial charge in [0.15, 0.2) is 0 Å². The van der Waals surface area contributed by atoms with Gasteiger partial charge >= 0.3 is 23.7 Å². The fraction of sp³-hybridized carbons (Fsp3) is 0.600. The molecule has 0 aromatic carbocycles. The molecule has 0 amide bonds. The van der Waals surface area contributed by atoms with Crippen LogP contribution in [0.15, 0.2) is 6.20 Å². The summed E-state index contributed by atoms with van der Waals surface area (Å²) < 4.78 is 41.4. The van der Waals surface area contributed by atoms with Crippen LogP contribution in [0, 0.1) is 10.1 Å². The van der Waals surface area contributed by atoms with Crippen molar-refractivity contribution in [2.24, 2.45) is 0 Å². The van der Waals surface area contributed by atoms with Crippen molar-refractivity contribution in [3.05, 3.63) is 16.3 Å². The van der Waals surface area contributed by atoms with Gasteiger partial charge in [-0.2, -0.15) is 13.2 Å². The number of nitrogens with zero attached hydrogens (tertiary/aromatic N) is 3. The molecule has 1 N–H and O–H groups in total. The highest BCUT2D eigenvalue weighted by atomic mass is 19.4. The molecule has 0 bridgehead atoms. The lowest BCUT2D eigenvalue weighted by molar-refractivity contribution is -0.386. The summed E-state index contributed by atoms with van der Waals surface area (Å²) in [4.78, 5) is 20.8. The Morgan fingerprint density at radius 3 is 2.67 bits per heavy atom. The lowest BCUT2D eigenvalue weighted by Crippen LogP contribution is -2.19. The summed E-state index contributed by atoms with van der Waals surface area (Å²) in [6.45, 7) is 0.682. The highest BCUT2D eigenvalue weighted by Gasteiger charge is 2.30. The van der Waals surface area contributed by atoms with E-state index in [9.17, 15) is 28.1 Å². The van der Waals surface area contributed by atoms with Crippen LogP contribution in [0.4, 0.5) is 18.9 Å². The fourth-order valence-electron chi connectivity index (χ4n) is 1.49. The van der Waals surface area contributed by atoms with Gasteiger partial charge < -0.3 is 9.84 Å². The minimum Gasteiger partial charge on any atom is -0.480 e. The van der Waals surface area contributed by atoms with Crippen LogP contribution >= 0.6 is 0 Å². The van der Waals surface area contributed by atoms with Gasteiger partial charge in [0.25, 0.3) is 0 Å². The minimum absolute atomic E-state index is 0.0934. The number of ether oxygens (including phenoxy) is 1. The molecule has 1 atom stereocenters. The largest absolute Gasteiger partial charge is 0.480 e. The zero-order chi connectivity index (χ0) is 16.2. The number of halogens is 3. The van der Waals surface area contributed by atoms with Crippen LogP contribution in [0.3, 0.4) is 0 Å². The SMILES string of the molecule is CCC(C(=O)O)n1cc([N+](=O)[O-])c(OCCC(F)(F)F)n1. The zero-order valence-electron chi connectivity index (χ0n) is 10.8. The molecule has 0 spiro atoms. The van der Waals surface area contributed by atoms with Crippen LogP contribution in [-0.2, 0) is 4.79 Å². The van der Waals surface area contributed by atoms with Crippen LogP contribution in [0.1, 0.15) is 25.8 Å². The van der Waals surface area contributed by atoms with E-state index in [2.05, 4.69) is 9.84 Å². The Hall–Kier alpha value is -2.33. The smallest absolute Gasteiger partial charge is 0.392 e. The minimum atomic E-state index is -4.47. The van der Waals surface area contributed by atoms with Crippen LogP contribution < -0.4 is 4.74 Å². The Labute approximate surface area is 116 Å². The molecule has 11 heteroatoms. The van der Waals surface area contributed by atoms with Crippen LogP contribution in [0.2, 0.25) is 0 Å². The van der Waals surface area contributed by atoms with Gasteiger partial charge in [-0.15, -0.1) is 5.10 Å². The third-order valence-corrected chi connectivity index (χ3v) is 2.49. The summed E-state index contributed by atoms with van der Waals surface area (Å²) in [5, 5.41) is 23.3. The zero-order valence-corrected chi connectivity index (χ0v) is 10.8. The van der Waals surface area contributed by atoms with Gasteiger partial charge in [0.2, 0.25) is 0 Å². The second-order valence-electron chi connectivity index (χ2n) is 4.03. The Morgan fingerprint density at radius 1 is 1.62 bits per heavy atom. The maximum atomic E-state index is 12.0. The van der Waals surface area contributed by atoms with Crippen LogP contribution in [0.25, 0.3) is 0 Å². The second kappa shape index (κ2) is 6.41. The van der Waals surface area contributed by atoms with Crippen LogP contribution in [-0.4, -0.2) is 38.6 Å². The van der Waals surface area contributed by atoms with Crippen molar-refractivity contribution in [2.45, 2.75) is 32.0 Å². The third-order valence-electron chi connectivity index (χ3n) is 2.49. The van der Waals surface area contributed by atoms with E-state index in [1.54, 1.807) is 0 Å². The number of carbonyl (C=O) groups is 1. The van der Waals surface area contributed by atoms with Gasteiger partial charge in [0.1, 0.15) is 12.2 Å². The summed E-state index contributed by atoms with van der Waals surface area (Å²) in [6, 6.07) is -1.16. The third kappa shape index (κ3) is 4.61. The Balaban J connectivity index is 2.94. The molecule has 0 saturated carbocycles. The Morgan fingerprint density at radius 2 is 2.24 bits per heavy atom. The normalized spacial score (nSPS) is 13.0. The molecule has 0 aliphatic heterocycles. The Bertz CT molecular complexity index is 528. The van der Waals surface area contributed by atoms with Crippen molar-refractivity contribution in [3.8, 4) is 5.88 Å². The van der Waals surface area contributed by atoms with Gasteiger partial charge in [0.05, 0.1) is 18.0 Å². The molecule has 1 rings (SSSR count). The summed E-state index contributed by atoms with van der Waals surface area (Å²) in [5.41, 5.74) is -0.683. The summed E-state index contributed by atoms with van der Waals surface area (Å²) in [6.07, 6.45) is -4.85. The Kier molecular flexibility index (Phi) is 5.11. The molecule has 0 aliphatic rings. The number of aromatic nitrogens is 2. The van der Waals surface area contributed by atoms with E-state index in [4.69, 9.17) is 5.11 Å². The standard InChI is InChI=1S/C10H12F3N3O5/c1-2-6(9(17)18)15-5-7(16(19)20)8(14-15)21-4-3-10(11,12)13/h5-6H,2-4H2,1H3,(H,17,18). The lowest BCUT2D eigenvalue weighted by atomic mass is 10.2. The monoisotopic (exact) mass is 311 g/mol. The topological polar surface area (TPSA) is 107 Å². The number of hydrogen-bond donors (Lipinski definition) is 1. The van der Waals surface area contributed by atoms with E-state index in [1.807, 2.05) is 0 Å². The van der Waals surface area contributed by atoms with E-state index < -0.39 is 47.7 Å². The molecular formula is C10H12F3N3O5. The molecule has 21 heavy (non-hydrogen) atoms. The molecule has 1 aromatic heterocycles. The molecule has 0 saturated heterocycles. The predicted octanol–water partition coefficient (Wildman–Crippen LogP) is 2.16. The van der Waals surface area contributed by atoms with E-state index in [-0.39, 0.29) is 6.42 Å². The first-order chi connectivity index (χ1) is 9.65. The van der Waals surface area contributed by atoms with Crippen molar-refractivity contribution in [2.75, 3.05) is 6.61 Å². The number of carboxylic acid groups (broad SMARTS) is 1. The fourth-order valence-corrected chi connectivity index (χ4v) is 1.49. The van der Waals surface area contributed by atoms with Gasteiger partial charge in [-0.05, 0) is 6.42 Å². The number of hydrogen-bond acceptors (Lipinski definition) is 5. The molecule has 8 nitrogen and oxygen atoms in total. The van der Waals surface area contributed by atoms with E-state index in [0.717, 1.165) is 10.9 Å². The predicted molar refractivity (Wildman–Crippen MR) is 62.0 cm³/mol. The molecule has 0 radical (unpaired) electrons. The number of aliphatic carboxylic acids is 1. The van der Waals surface area contributed by atoms with Gasteiger partial charge in [-0.3, -0.25) is 10.1 Å². The van der Waals surface area contributed by atoms with Crippen molar-refractivity contribution >= 4 is 11.7 Å². The first kappa shape index (κ1) is 16.7. The highest BCUT2D eigenvalue weighted by Crippen LogP contribution is 2.28. The van der Waals surface area contributed by atoms with Gasteiger partial charge in [0, 0.05) is 0 Å². The molecule has 0 fully saturated rings. The second-order valence-corrected chi connectivity index (χ2v) is 4.03. The van der Waals surface area contributed by atoms with Gasteiger partial charge in [-0.25, -0.2) is 9.48 Å². The first-order valence-electron chi connectivity index (χ1n) is 5.81. The molecule has 1 heterocycles. The number of rotatable bonds is 7. The molecule has 1 unspecified atom stereocenters. The van der Waals surface area contributed by atoms with Crippen molar-refractivity contribution < 1.29 is 32.7 Å². The first-order valence-corrected chi connectivity index (χ1v) is 5.81. The maximum Gasteiger partial charge on any atom is 0.392 e. The van der Waals surface area contributed by atoms with Crippen LogP contribution in [0.5, 0.6) is 5.88 Å². The average Bonchev–Trinajstić information content (AvgIpc) is 2.72. The van der Waals surface area contributed by atoms with E-state index in [1.165, 1.54) is 6.92 Å². The quantitative estimate of drug-likeness (QED) is 0.610. The van der Waals surface area contributed by atoms with Crippen molar-refractivity contribution in [3.63, 3.8) is 0 Å². The van der Waals surface area contributed by atoms with Crippen molar-refractivity contribution in [1.82, 2.24) is 9.78 Å². The van der Waals surface area contributed by atoms with E-state index in [0.29, 0.717) is 0 Å². The highest BCUT2D eigenvalue weighted by molar-refractivity contribution is 5.71. The van der Waals surface area contributed by atoms with E-state index >= 15 is 0 Å². The lowest BCUT2D eigenvalue weighted by Gasteiger charge is -2.09. The molecule has 0 aliphatic carbocycles. The molecular weight excluding hydrogens is 299 g/mol. The molecule has 118 valence electrons. The average molecular weight is 311 g/mol. The summed E-state index contributed by atoms with van der Waals surface area (Å²) in [5.74, 6) is -1.90. The number of carboxylic acids is 1. The van der Waals surface area contributed by atoms with Gasteiger partial charge in [-0.1, -0.05) is 6.92 Å². The number of nitro groups is 1. The summed E-state index contributed by atoms with van der Waals surface area (Å²) in [7, 11) is 0. The van der Waals surface area contributed by atoms with Crippen molar-refractivity contribution in [1.29, 1.82) is 0 Å². The summed E-state index contributed by atoms with van der Waals surface area (Å²) >= 11 is 0. The molecule has 1 aromatic rings. The maximum absolute atomic E-state index is 12.0.